The van der Waals surface area contributed by atoms with E-state index in [0.29, 0.717) is 25.2 Å². The maximum atomic E-state index is 12.0. The zero-order chi connectivity index (χ0) is 21.2. The average Bonchev–Trinajstić information content (AvgIpc) is 2.81. The summed E-state index contributed by atoms with van der Waals surface area (Å²) in [5.74, 6) is 0.253. The number of benzene rings is 2. The van der Waals surface area contributed by atoms with E-state index in [1.165, 1.54) is 40.8 Å². The molecule has 0 saturated carbocycles. The molecule has 3 heterocycles. The van der Waals surface area contributed by atoms with Crippen molar-refractivity contribution in [3.8, 4) is 0 Å². The number of imide groups is 1. The zero-order valence-corrected chi connectivity index (χ0v) is 18.0. The van der Waals surface area contributed by atoms with Crippen molar-refractivity contribution in [3.63, 3.8) is 0 Å². The smallest absolute Gasteiger partial charge is 0.230 e. The zero-order valence-electron chi connectivity index (χ0n) is 18.0. The summed E-state index contributed by atoms with van der Waals surface area (Å²) < 4.78 is 0. The normalized spacial score (nSPS) is 22.2. The number of amides is 2. The minimum absolute atomic E-state index is 0.0841. The van der Waals surface area contributed by atoms with Crippen molar-refractivity contribution < 1.29 is 9.59 Å². The number of nitrogens with zero attached hydrogens (tertiary/aromatic N) is 1. The van der Waals surface area contributed by atoms with Crippen molar-refractivity contribution in [2.24, 2.45) is 5.92 Å². The molecule has 2 N–H and O–H groups in total. The highest BCUT2D eigenvalue weighted by Crippen LogP contribution is 2.32. The third-order valence-corrected chi connectivity index (χ3v) is 7.22. The van der Waals surface area contributed by atoms with Gasteiger partial charge in [-0.15, -0.1) is 0 Å². The van der Waals surface area contributed by atoms with E-state index < -0.39 is 0 Å². The molecule has 31 heavy (non-hydrogen) atoms. The molecule has 5 nitrogen and oxygen atoms in total. The van der Waals surface area contributed by atoms with Crippen molar-refractivity contribution in [3.05, 3.63) is 64.7 Å². The van der Waals surface area contributed by atoms with Crippen LogP contribution in [0.15, 0.2) is 42.5 Å². The number of piperidine rings is 2. The fourth-order valence-corrected chi connectivity index (χ4v) is 5.27. The van der Waals surface area contributed by atoms with Crippen LogP contribution in [0.1, 0.15) is 53.9 Å². The summed E-state index contributed by atoms with van der Waals surface area (Å²) in [6, 6.07) is 15.8. The maximum absolute atomic E-state index is 12.0. The SMILES string of the molecule is O=C1CCC(Cc2ccc(C3CCN(c4ccc5c(c4)CCNC5)CC3)cc2)C(=O)N1. The molecule has 0 spiro atoms. The molecule has 0 aliphatic carbocycles. The maximum Gasteiger partial charge on any atom is 0.230 e. The standard InChI is InChI=1S/C26H31N3O2/c30-25-8-6-22(26(31)28-25)15-18-1-3-19(4-2-18)20-10-13-29(14-11-20)24-7-5-23-17-27-12-9-21(23)16-24/h1-5,7,16,20,22,27H,6,8-15,17H2,(H,28,30,31). The molecule has 0 radical (unpaired) electrons. The molecule has 2 aromatic carbocycles. The molecule has 5 rings (SSSR count). The number of hydrogen-bond acceptors (Lipinski definition) is 4. The first kappa shape index (κ1) is 20.3. The highest BCUT2D eigenvalue weighted by molar-refractivity contribution is 5.98. The van der Waals surface area contributed by atoms with E-state index in [4.69, 9.17) is 0 Å². The van der Waals surface area contributed by atoms with Crippen LogP contribution < -0.4 is 15.5 Å². The van der Waals surface area contributed by atoms with Gasteiger partial charge in [-0.05, 0) is 79.0 Å². The Labute approximate surface area is 184 Å². The third kappa shape index (κ3) is 4.52. The van der Waals surface area contributed by atoms with Gasteiger partial charge in [0.1, 0.15) is 0 Å². The second kappa shape index (κ2) is 8.83. The van der Waals surface area contributed by atoms with Gasteiger partial charge < -0.3 is 10.2 Å². The molecule has 2 saturated heterocycles. The summed E-state index contributed by atoms with van der Waals surface area (Å²) >= 11 is 0. The lowest BCUT2D eigenvalue weighted by Gasteiger charge is -2.34. The minimum Gasteiger partial charge on any atom is -0.371 e. The highest BCUT2D eigenvalue weighted by atomic mass is 16.2. The van der Waals surface area contributed by atoms with Crippen LogP contribution in [0.3, 0.4) is 0 Å². The average molecular weight is 418 g/mol. The third-order valence-electron chi connectivity index (χ3n) is 7.22. The Balaban J connectivity index is 1.17. The molecule has 3 aliphatic rings. The van der Waals surface area contributed by atoms with Crippen LogP contribution >= 0.6 is 0 Å². The van der Waals surface area contributed by atoms with E-state index in [9.17, 15) is 9.59 Å². The van der Waals surface area contributed by atoms with Crippen molar-refractivity contribution in [2.75, 3.05) is 24.5 Å². The van der Waals surface area contributed by atoms with Crippen LogP contribution in [-0.2, 0) is 29.0 Å². The molecule has 2 amide bonds. The van der Waals surface area contributed by atoms with Gasteiger partial charge in [0.15, 0.2) is 0 Å². The number of carbonyl (C=O) groups excluding carboxylic acids is 2. The second-order valence-corrected chi connectivity index (χ2v) is 9.23. The van der Waals surface area contributed by atoms with Gasteiger partial charge in [0, 0.05) is 37.7 Å². The van der Waals surface area contributed by atoms with Gasteiger partial charge in [-0.25, -0.2) is 0 Å². The predicted molar refractivity (Wildman–Crippen MR) is 122 cm³/mol. The van der Waals surface area contributed by atoms with E-state index in [-0.39, 0.29) is 17.7 Å². The molecule has 5 heteroatoms. The molecule has 162 valence electrons. The Morgan fingerprint density at radius 3 is 2.48 bits per heavy atom. The molecular formula is C26H31N3O2. The lowest BCUT2D eigenvalue weighted by Crippen LogP contribution is -2.41. The van der Waals surface area contributed by atoms with Crippen LogP contribution in [0.5, 0.6) is 0 Å². The Morgan fingerprint density at radius 1 is 0.903 bits per heavy atom. The summed E-state index contributed by atoms with van der Waals surface area (Å²) in [6.07, 6.45) is 5.30. The van der Waals surface area contributed by atoms with E-state index in [1.54, 1.807) is 0 Å². The monoisotopic (exact) mass is 417 g/mol. The number of fused-ring (bicyclic) bond motifs is 1. The molecule has 2 aromatic rings. The van der Waals surface area contributed by atoms with Gasteiger partial charge in [-0.2, -0.15) is 0 Å². The number of nitrogens with one attached hydrogen (secondary N) is 2. The molecule has 0 aromatic heterocycles. The van der Waals surface area contributed by atoms with Gasteiger partial charge in [-0.1, -0.05) is 30.3 Å². The lowest BCUT2D eigenvalue weighted by atomic mass is 9.87. The Kier molecular flexibility index (Phi) is 5.77. The molecule has 0 bridgehead atoms. The first-order valence-electron chi connectivity index (χ1n) is 11.7. The summed E-state index contributed by atoms with van der Waals surface area (Å²) in [5, 5.41) is 5.91. The van der Waals surface area contributed by atoms with E-state index in [0.717, 1.165) is 32.6 Å². The number of hydrogen-bond donors (Lipinski definition) is 2. The fraction of sp³-hybridized carbons (Fsp3) is 0.462. The minimum atomic E-state index is -0.143. The van der Waals surface area contributed by atoms with Crippen LogP contribution in [0.2, 0.25) is 0 Å². The number of carbonyl (C=O) groups is 2. The van der Waals surface area contributed by atoms with Crippen molar-refractivity contribution in [2.45, 2.75) is 51.0 Å². The van der Waals surface area contributed by atoms with Gasteiger partial charge in [0.2, 0.25) is 11.8 Å². The van der Waals surface area contributed by atoms with Crippen LogP contribution in [-0.4, -0.2) is 31.4 Å². The summed E-state index contributed by atoms with van der Waals surface area (Å²) in [7, 11) is 0. The Hall–Kier alpha value is -2.66. The van der Waals surface area contributed by atoms with Gasteiger partial charge >= 0.3 is 0 Å². The quantitative estimate of drug-likeness (QED) is 0.750. The van der Waals surface area contributed by atoms with Crippen LogP contribution in [0, 0.1) is 5.92 Å². The summed E-state index contributed by atoms with van der Waals surface area (Å²) in [5.41, 5.74) is 6.91. The lowest BCUT2D eigenvalue weighted by molar-refractivity contribution is -0.136. The fourth-order valence-electron chi connectivity index (χ4n) is 5.27. The second-order valence-electron chi connectivity index (χ2n) is 9.23. The largest absolute Gasteiger partial charge is 0.371 e. The van der Waals surface area contributed by atoms with Gasteiger partial charge in [-0.3, -0.25) is 14.9 Å². The van der Waals surface area contributed by atoms with Crippen molar-refractivity contribution in [1.29, 1.82) is 0 Å². The van der Waals surface area contributed by atoms with Crippen molar-refractivity contribution in [1.82, 2.24) is 10.6 Å². The van der Waals surface area contributed by atoms with E-state index in [1.807, 2.05) is 0 Å². The Bertz CT molecular complexity index is 961. The molecule has 1 unspecified atom stereocenters. The van der Waals surface area contributed by atoms with E-state index in [2.05, 4.69) is 58.0 Å². The molecule has 2 fully saturated rings. The summed E-state index contributed by atoms with van der Waals surface area (Å²) in [6.45, 7) is 4.27. The number of anilines is 1. The molecular weight excluding hydrogens is 386 g/mol. The highest BCUT2D eigenvalue weighted by Gasteiger charge is 2.27. The van der Waals surface area contributed by atoms with Crippen LogP contribution in [0.4, 0.5) is 5.69 Å². The predicted octanol–water partition coefficient (Wildman–Crippen LogP) is 3.31. The van der Waals surface area contributed by atoms with E-state index >= 15 is 0 Å². The molecule has 3 aliphatic heterocycles. The van der Waals surface area contributed by atoms with Crippen LogP contribution in [0.25, 0.3) is 0 Å². The van der Waals surface area contributed by atoms with Gasteiger partial charge in [0.25, 0.3) is 0 Å². The van der Waals surface area contributed by atoms with Gasteiger partial charge in [0.05, 0.1) is 0 Å². The Morgan fingerprint density at radius 2 is 1.71 bits per heavy atom. The first-order valence-corrected chi connectivity index (χ1v) is 11.7. The first-order chi connectivity index (χ1) is 15.2. The topological polar surface area (TPSA) is 61.4 Å². The molecule has 1 atom stereocenters. The number of rotatable bonds is 4. The summed E-state index contributed by atoms with van der Waals surface area (Å²) in [4.78, 5) is 25.9. The van der Waals surface area contributed by atoms with Crippen molar-refractivity contribution >= 4 is 17.5 Å².